The normalized spacial score (nSPS) is 27.4. The SMILES string of the molecule is CC1=CCCN1.CC1C=CCN1.CC1CC=CN1. The minimum absolute atomic E-state index is 0.616. The molecule has 0 aromatic carbocycles. The van der Waals surface area contributed by atoms with Gasteiger partial charge in [-0.1, -0.05) is 24.3 Å². The van der Waals surface area contributed by atoms with E-state index in [-0.39, 0.29) is 0 Å². The maximum Gasteiger partial charge on any atom is 0.0262 e. The molecule has 0 radical (unpaired) electrons. The Kier molecular flexibility index (Phi) is 7.26. The van der Waals surface area contributed by atoms with Crippen LogP contribution in [0.4, 0.5) is 0 Å². The van der Waals surface area contributed by atoms with Gasteiger partial charge in [-0.25, -0.2) is 0 Å². The molecule has 0 aliphatic carbocycles. The number of hydrogen-bond acceptors (Lipinski definition) is 3. The van der Waals surface area contributed by atoms with Crippen LogP contribution in [0.2, 0.25) is 0 Å². The zero-order valence-electron chi connectivity index (χ0n) is 11.9. The van der Waals surface area contributed by atoms with Gasteiger partial charge < -0.3 is 16.0 Å². The van der Waals surface area contributed by atoms with E-state index < -0.39 is 0 Å². The van der Waals surface area contributed by atoms with Gasteiger partial charge in [0.25, 0.3) is 0 Å². The highest BCUT2D eigenvalue weighted by atomic mass is 14.9. The van der Waals surface area contributed by atoms with Gasteiger partial charge in [0.2, 0.25) is 0 Å². The van der Waals surface area contributed by atoms with Gasteiger partial charge in [-0.2, -0.15) is 0 Å². The summed E-state index contributed by atoms with van der Waals surface area (Å²) >= 11 is 0. The van der Waals surface area contributed by atoms with Gasteiger partial charge in [0.15, 0.2) is 0 Å². The summed E-state index contributed by atoms with van der Waals surface area (Å²) in [6.07, 6.45) is 13.1. The van der Waals surface area contributed by atoms with E-state index in [1.807, 2.05) is 6.20 Å². The van der Waals surface area contributed by atoms with Gasteiger partial charge in [0.1, 0.15) is 0 Å². The van der Waals surface area contributed by atoms with Crippen molar-refractivity contribution in [3.8, 4) is 0 Å². The van der Waals surface area contributed by atoms with E-state index in [1.165, 1.54) is 18.5 Å². The molecule has 3 heteroatoms. The van der Waals surface area contributed by atoms with Crippen LogP contribution in [0.25, 0.3) is 0 Å². The zero-order chi connectivity index (χ0) is 13.2. The summed E-state index contributed by atoms with van der Waals surface area (Å²) in [7, 11) is 0. The summed E-state index contributed by atoms with van der Waals surface area (Å²) in [5, 5.41) is 9.53. The molecule has 0 bridgehead atoms. The van der Waals surface area contributed by atoms with Crippen molar-refractivity contribution in [2.75, 3.05) is 13.1 Å². The first-order chi connectivity index (χ1) is 8.68. The Hall–Kier alpha value is -1.22. The Morgan fingerprint density at radius 1 is 1.22 bits per heavy atom. The second kappa shape index (κ2) is 8.81. The van der Waals surface area contributed by atoms with Crippen LogP contribution in [0.5, 0.6) is 0 Å². The predicted octanol–water partition coefficient (Wildman–Crippen LogP) is 2.30. The number of nitrogens with one attached hydrogen (secondary N) is 3. The molecule has 3 nitrogen and oxygen atoms in total. The van der Waals surface area contributed by atoms with Gasteiger partial charge in [-0.15, -0.1) is 0 Å². The van der Waals surface area contributed by atoms with Gasteiger partial charge in [0.05, 0.1) is 0 Å². The Bertz CT molecular complexity index is 297. The van der Waals surface area contributed by atoms with Crippen molar-refractivity contribution in [3.63, 3.8) is 0 Å². The Morgan fingerprint density at radius 3 is 2.22 bits per heavy atom. The molecule has 3 aliphatic heterocycles. The first kappa shape index (κ1) is 14.8. The molecular weight excluding hydrogens is 222 g/mol. The first-order valence-electron chi connectivity index (χ1n) is 6.90. The van der Waals surface area contributed by atoms with Crippen LogP contribution < -0.4 is 16.0 Å². The van der Waals surface area contributed by atoms with Crippen molar-refractivity contribution in [2.24, 2.45) is 0 Å². The van der Waals surface area contributed by atoms with E-state index in [9.17, 15) is 0 Å². The largest absolute Gasteiger partial charge is 0.389 e. The molecule has 3 rings (SSSR count). The van der Waals surface area contributed by atoms with Gasteiger partial charge >= 0.3 is 0 Å². The van der Waals surface area contributed by atoms with Crippen molar-refractivity contribution in [1.82, 2.24) is 16.0 Å². The lowest BCUT2D eigenvalue weighted by molar-refractivity contribution is 0.690. The molecule has 0 aromatic rings. The minimum atomic E-state index is 0.616. The lowest BCUT2D eigenvalue weighted by atomic mass is 10.3. The molecular formula is C15H27N3. The molecule has 102 valence electrons. The van der Waals surface area contributed by atoms with Crippen LogP contribution in [-0.4, -0.2) is 25.2 Å². The van der Waals surface area contributed by atoms with Crippen molar-refractivity contribution in [3.05, 3.63) is 36.2 Å². The first-order valence-corrected chi connectivity index (χ1v) is 6.90. The molecule has 3 N–H and O–H groups in total. The Labute approximate surface area is 111 Å². The summed E-state index contributed by atoms with van der Waals surface area (Å²) < 4.78 is 0. The summed E-state index contributed by atoms with van der Waals surface area (Å²) in [6.45, 7) is 8.60. The molecule has 0 fully saturated rings. The highest BCUT2D eigenvalue weighted by Gasteiger charge is 1.98. The van der Waals surface area contributed by atoms with Gasteiger partial charge in [0, 0.05) is 30.9 Å². The molecule has 2 unspecified atom stereocenters. The number of hydrogen-bond donors (Lipinski definition) is 3. The second-order valence-electron chi connectivity index (χ2n) is 4.93. The minimum Gasteiger partial charge on any atom is -0.389 e. The monoisotopic (exact) mass is 249 g/mol. The standard InChI is InChI=1S/3C5H9N/c3*1-5-3-2-4-6-5/h3,6H,2,4H2,1H3;2,4-6H,3H2,1H3;2-3,5-6H,4H2,1H3. The van der Waals surface area contributed by atoms with Crippen LogP contribution >= 0.6 is 0 Å². The molecule has 3 aliphatic rings. The van der Waals surface area contributed by atoms with Crippen LogP contribution in [0.1, 0.15) is 33.6 Å². The third-order valence-corrected chi connectivity index (χ3v) is 2.97. The smallest absolute Gasteiger partial charge is 0.0262 e. The van der Waals surface area contributed by atoms with Crippen molar-refractivity contribution < 1.29 is 0 Å². The Morgan fingerprint density at radius 2 is 2.06 bits per heavy atom. The summed E-state index contributed by atoms with van der Waals surface area (Å²) in [5.74, 6) is 0. The molecule has 3 heterocycles. The van der Waals surface area contributed by atoms with Gasteiger partial charge in [-0.05, 0) is 39.8 Å². The van der Waals surface area contributed by atoms with E-state index in [4.69, 9.17) is 0 Å². The lowest BCUT2D eigenvalue weighted by Crippen LogP contribution is -2.17. The van der Waals surface area contributed by atoms with Crippen molar-refractivity contribution >= 4 is 0 Å². The van der Waals surface area contributed by atoms with Crippen LogP contribution in [0, 0.1) is 0 Å². The summed E-state index contributed by atoms with van der Waals surface area (Å²) in [6, 6.07) is 1.30. The average molecular weight is 249 g/mol. The average Bonchev–Trinajstić information content (AvgIpc) is 3.05. The molecule has 2 atom stereocenters. The molecule has 0 saturated carbocycles. The fourth-order valence-electron chi connectivity index (χ4n) is 1.80. The second-order valence-corrected chi connectivity index (χ2v) is 4.93. The van der Waals surface area contributed by atoms with Gasteiger partial charge in [-0.3, -0.25) is 0 Å². The third-order valence-electron chi connectivity index (χ3n) is 2.97. The third kappa shape index (κ3) is 7.17. The maximum absolute atomic E-state index is 3.21. The van der Waals surface area contributed by atoms with Crippen LogP contribution in [0.15, 0.2) is 36.2 Å². The quantitative estimate of drug-likeness (QED) is 0.577. The van der Waals surface area contributed by atoms with Crippen LogP contribution in [0.3, 0.4) is 0 Å². The fourth-order valence-corrected chi connectivity index (χ4v) is 1.80. The lowest BCUT2D eigenvalue weighted by Gasteiger charge is -1.97. The molecule has 0 amide bonds. The van der Waals surface area contributed by atoms with E-state index in [0.29, 0.717) is 12.1 Å². The van der Waals surface area contributed by atoms with Crippen molar-refractivity contribution in [2.45, 2.75) is 45.7 Å². The summed E-state index contributed by atoms with van der Waals surface area (Å²) in [4.78, 5) is 0. The highest BCUT2D eigenvalue weighted by molar-refractivity contribution is 5.01. The van der Waals surface area contributed by atoms with E-state index in [2.05, 4.69) is 61.0 Å². The summed E-state index contributed by atoms with van der Waals surface area (Å²) in [5.41, 5.74) is 1.33. The van der Waals surface area contributed by atoms with E-state index >= 15 is 0 Å². The molecule has 0 saturated heterocycles. The molecule has 0 aromatic heterocycles. The Balaban J connectivity index is 0.000000135. The zero-order valence-corrected chi connectivity index (χ0v) is 11.9. The van der Waals surface area contributed by atoms with Crippen LogP contribution in [-0.2, 0) is 0 Å². The fraction of sp³-hybridized carbons (Fsp3) is 0.600. The predicted molar refractivity (Wildman–Crippen MR) is 79.3 cm³/mol. The topological polar surface area (TPSA) is 36.1 Å². The number of allylic oxidation sites excluding steroid dienone is 1. The molecule has 0 spiro atoms. The maximum atomic E-state index is 3.21. The van der Waals surface area contributed by atoms with E-state index in [1.54, 1.807) is 0 Å². The molecule has 18 heavy (non-hydrogen) atoms. The van der Waals surface area contributed by atoms with Crippen molar-refractivity contribution in [1.29, 1.82) is 0 Å². The highest BCUT2D eigenvalue weighted by Crippen LogP contribution is 1.97. The van der Waals surface area contributed by atoms with E-state index in [0.717, 1.165) is 13.1 Å². The number of rotatable bonds is 0.